The number of aryl methyl sites for hydroxylation is 1. The standard InChI is InChI=1S/C22H20BrN3O3/c1-15-10-18(23)7-8-20(15)26-21(27)13-25-22(28)17-5-2-6-19(11-17)29-14-16-4-3-9-24-12-16/h2-12H,13-14H2,1H3,(H,25,28)(H,26,27). The van der Waals surface area contributed by atoms with Crippen LogP contribution in [0.3, 0.4) is 0 Å². The van der Waals surface area contributed by atoms with E-state index in [1.165, 1.54) is 0 Å². The van der Waals surface area contributed by atoms with Crippen LogP contribution in [0.15, 0.2) is 71.5 Å². The molecule has 0 aliphatic carbocycles. The Labute approximate surface area is 177 Å². The third kappa shape index (κ3) is 6.15. The fourth-order valence-corrected chi connectivity index (χ4v) is 3.08. The number of hydrogen-bond acceptors (Lipinski definition) is 4. The van der Waals surface area contributed by atoms with Crippen LogP contribution in [-0.2, 0) is 11.4 Å². The van der Waals surface area contributed by atoms with E-state index in [1.807, 2.05) is 37.3 Å². The first kappa shape index (κ1) is 20.5. The minimum Gasteiger partial charge on any atom is -0.489 e. The number of aromatic nitrogens is 1. The molecule has 0 spiro atoms. The van der Waals surface area contributed by atoms with E-state index >= 15 is 0 Å². The minimum absolute atomic E-state index is 0.130. The average molecular weight is 454 g/mol. The summed E-state index contributed by atoms with van der Waals surface area (Å²) in [7, 11) is 0. The largest absolute Gasteiger partial charge is 0.489 e. The number of rotatable bonds is 7. The van der Waals surface area contributed by atoms with Crippen LogP contribution in [0, 0.1) is 6.92 Å². The van der Waals surface area contributed by atoms with Gasteiger partial charge in [-0.2, -0.15) is 0 Å². The van der Waals surface area contributed by atoms with Crippen LogP contribution in [0.1, 0.15) is 21.5 Å². The molecule has 0 fully saturated rings. The van der Waals surface area contributed by atoms with E-state index in [2.05, 4.69) is 31.5 Å². The molecule has 0 saturated heterocycles. The van der Waals surface area contributed by atoms with Crippen molar-refractivity contribution in [1.29, 1.82) is 0 Å². The van der Waals surface area contributed by atoms with Crippen molar-refractivity contribution in [2.24, 2.45) is 0 Å². The first-order chi connectivity index (χ1) is 14.0. The number of amides is 2. The van der Waals surface area contributed by atoms with Crippen molar-refractivity contribution in [2.75, 3.05) is 11.9 Å². The van der Waals surface area contributed by atoms with Crippen molar-refractivity contribution in [3.8, 4) is 5.75 Å². The highest BCUT2D eigenvalue weighted by molar-refractivity contribution is 9.10. The maximum Gasteiger partial charge on any atom is 0.251 e. The first-order valence-corrected chi connectivity index (χ1v) is 9.76. The third-order valence-corrected chi connectivity index (χ3v) is 4.59. The molecule has 1 heterocycles. The summed E-state index contributed by atoms with van der Waals surface area (Å²) in [4.78, 5) is 28.6. The summed E-state index contributed by atoms with van der Waals surface area (Å²) >= 11 is 3.39. The van der Waals surface area contributed by atoms with Crippen LogP contribution in [0.2, 0.25) is 0 Å². The highest BCUT2D eigenvalue weighted by atomic mass is 79.9. The number of carbonyl (C=O) groups is 2. The summed E-state index contributed by atoms with van der Waals surface area (Å²) < 4.78 is 6.64. The maximum atomic E-state index is 12.4. The molecule has 3 rings (SSSR count). The van der Waals surface area contributed by atoms with Gasteiger partial charge >= 0.3 is 0 Å². The van der Waals surface area contributed by atoms with Crippen molar-refractivity contribution < 1.29 is 14.3 Å². The number of ether oxygens (including phenoxy) is 1. The highest BCUT2D eigenvalue weighted by Gasteiger charge is 2.10. The lowest BCUT2D eigenvalue weighted by Crippen LogP contribution is -2.33. The zero-order chi connectivity index (χ0) is 20.6. The number of halogens is 1. The van der Waals surface area contributed by atoms with Gasteiger partial charge in [0, 0.05) is 33.7 Å². The van der Waals surface area contributed by atoms with E-state index in [0.29, 0.717) is 23.6 Å². The molecule has 0 aliphatic heterocycles. The molecule has 0 radical (unpaired) electrons. The molecule has 2 N–H and O–H groups in total. The number of carbonyl (C=O) groups excluding carboxylic acids is 2. The highest BCUT2D eigenvalue weighted by Crippen LogP contribution is 2.20. The number of nitrogens with zero attached hydrogens (tertiary/aromatic N) is 1. The molecule has 0 atom stereocenters. The van der Waals surface area contributed by atoms with Crippen molar-refractivity contribution in [2.45, 2.75) is 13.5 Å². The number of hydrogen-bond donors (Lipinski definition) is 2. The van der Waals surface area contributed by atoms with Crippen molar-refractivity contribution >= 4 is 33.4 Å². The van der Waals surface area contributed by atoms with Crippen LogP contribution < -0.4 is 15.4 Å². The fraction of sp³-hybridized carbons (Fsp3) is 0.136. The van der Waals surface area contributed by atoms with E-state index in [-0.39, 0.29) is 18.4 Å². The molecule has 3 aromatic rings. The van der Waals surface area contributed by atoms with Crippen LogP contribution >= 0.6 is 15.9 Å². The minimum atomic E-state index is -0.348. The number of benzene rings is 2. The van der Waals surface area contributed by atoms with Gasteiger partial charge in [0.1, 0.15) is 12.4 Å². The van der Waals surface area contributed by atoms with E-state index in [0.717, 1.165) is 15.6 Å². The second-order valence-corrected chi connectivity index (χ2v) is 7.28. The average Bonchev–Trinajstić information content (AvgIpc) is 2.73. The van der Waals surface area contributed by atoms with Gasteiger partial charge in [-0.05, 0) is 55.0 Å². The predicted molar refractivity (Wildman–Crippen MR) is 115 cm³/mol. The topological polar surface area (TPSA) is 80.3 Å². The molecule has 2 aromatic carbocycles. The molecular formula is C22H20BrN3O3. The van der Waals surface area contributed by atoms with Crippen molar-refractivity contribution in [1.82, 2.24) is 10.3 Å². The summed E-state index contributed by atoms with van der Waals surface area (Å²) in [6.45, 7) is 2.12. The zero-order valence-corrected chi connectivity index (χ0v) is 17.4. The van der Waals surface area contributed by atoms with Gasteiger partial charge in [0.25, 0.3) is 5.91 Å². The quantitative estimate of drug-likeness (QED) is 0.564. The smallest absolute Gasteiger partial charge is 0.251 e. The number of anilines is 1. The monoisotopic (exact) mass is 453 g/mol. The van der Waals surface area contributed by atoms with Crippen LogP contribution in [-0.4, -0.2) is 23.3 Å². The molecular weight excluding hydrogens is 434 g/mol. The molecule has 1 aromatic heterocycles. The second kappa shape index (κ2) is 9.84. The lowest BCUT2D eigenvalue weighted by molar-refractivity contribution is -0.115. The molecule has 7 heteroatoms. The van der Waals surface area contributed by atoms with Gasteiger partial charge in [-0.25, -0.2) is 0 Å². The molecule has 148 valence electrons. The molecule has 0 unspecified atom stereocenters. The second-order valence-electron chi connectivity index (χ2n) is 6.37. The molecule has 2 amide bonds. The number of nitrogens with one attached hydrogen (secondary N) is 2. The number of pyridine rings is 1. The van der Waals surface area contributed by atoms with Gasteiger partial charge < -0.3 is 15.4 Å². The Bertz CT molecular complexity index is 1010. The van der Waals surface area contributed by atoms with Gasteiger partial charge in [-0.1, -0.05) is 28.1 Å². The molecule has 0 aliphatic rings. The summed E-state index contributed by atoms with van der Waals surface area (Å²) in [5.74, 6) is -0.0799. The van der Waals surface area contributed by atoms with Gasteiger partial charge in [-0.15, -0.1) is 0 Å². The Hall–Kier alpha value is -3.19. The molecule has 0 bridgehead atoms. The Kier molecular flexibility index (Phi) is 6.97. The van der Waals surface area contributed by atoms with E-state index < -0.39 is 0 Å². The molecule has 0 saturated carbocycles. The zero-order valence-electron chi connectivity index (χ0n) is 15.8. The van der Waals surface area contributed by atoms with Crippen LogP contribution in [0.4, 0.5) is 5.69 Å². The van der Waals surface area contributed by atoms with Crippen molar-refractivity contribution in [3.05, 3.63) is 88.2 Å². The Balaban J connectivity index is 1.53. The third-order valence-electron chi connectivity index (χ3n) is 4.10. The maximum absolute atomic E-state index is 12.4. The summed E-state index contributed by atoms with van der Waals surface area (Å²) in [5.41, 5.74) is 2.99. The van der Waals surface area contributed by atoms with E-state index in [4.69, 9.17) is 4.74 Å². The van der Waals surface area contributed by atoms with E-state index in [9.17, 15) is 9.59 Å². The normalized spacial score (nSPS) is 10.3. The predicted octanol–water partition coefficient (Wildman–Crippen LogP) is 4.10. The van der Waals surface area contributed by atoms with Gasteiger partial charge in [-0.3, -0.25) is 14.6 Å². The van der Waals surface area contributed by atoms with Gasteiger partial charge in [0.05, 0.1) is 6.54 Å². The summed E-state index contributed by atoms with van der Waals surface area (Å²) in [6.07, 6.45) is 3.42. The van der Waals surface area contributed by atoms with Gasteiger partial charge in [0.2, 0.25) is 5.91 Å². The van der Waals surface area contributed by atoms with Crippen LogP contribution in [0.25, 0.3) is 0 Å². The summed E-state index contributed by atoms with van der Waals surface area (Å²) in [6, 6.07) is 16.1. The molecule has 29 heavy (non-hydrogen) atoms. The SMILES string of the molecule is Cc1cc(Br)ccc1NC(=O)CNC(=O)c1cccc(OCc2cccnc2)c1. The van der Waals surface area contributed by atoms with E-state index in [1.54, 1.807) is 36.7 Å². The Morgan fingerprint density at radius 3 is 2.72 bits per heavy atom. The first-order valence-electron chi connectivity index (χ1n) is 8.97. The van der Waals surface area contributed by atoms with Gasteiger partial charge in [0.15, 0.2) is 0 Å². The van der Waals surface area contributed by atoms with Crippen LogP contribution in [0.5, 0.6) is 5.75 Å². The lowest BCUT2D eigenvalue weighted by Gasteiger charge is -2.10. The summed E-state index contributed by atoms with van der Waals surface area (Å²) in [5, 5.41) is 5.41. The van der Waals surface area contributed by atoms with Crippen molar-refractivity contribution in [3.63, 3.8) is 0 Å². The fourth-order valence-electron chi connectivity index (χ4n) is 2.60. The Morgan fingerprint density at radius 2 is 1.97 bits per heavy atom. The Morgan fingerprint density at radius 1 is 1.10 bits per heavy atom. The molecule has 6 nitrogen and oxygen atoms in total. The lowest BCUT2D eigenvalue weighted by atomic mass is 10.2.